The molecule has 13 heteroatoms. The van der Waals surface area contributed by atoms with Gasteiger partial charge in [0.15, 0.2) is 8.32 Å². The summed E-state index contributed by atoms with van der Waals surface area (Å²) >= 11 is 7.72. The van der Waals surface area contributed by atoms with E-state index in [9.17, 15) is 9.18 Å². The maximum Gasteiger partial charge on any atom is 0.228 e. The Morgan fingerprint density at radius 1 is 1.15 bits per heavy atom. The molecule has 3 aliphatic rings. The van der Waals surface area contributed by atoms with Gasteiger partial charge in [-0.1, -0.05) is 32.4 Å². The summed E-state index contributed by atoms with van der Waals surface area (Å²) in [5.41, 5.74) is 2.37. The third-order valence-electron chi connectivity index (χ3n) is 10.7. The van der Waals surface area contributed by atoms with E-state index < -0.39 is 14.1 Å². The molecule has 3 fully saturated rings. The number of halogens is 2. The topological polar surface area (TPSA) is 95.5 Å². The second-order valence-electron chi connectivity index (χ2n) is 15.0. The number of nitrogens with zero attached hydrogens (tertiary/aromatic N) is 5. The van der Waals surface area contributed by atoms with Crippen molar-refractivity contribution in [2.45, 2.75) is 81.2 Å². The summed E-state index contributed by atoms with van der Waals surface area (Å²) in [5.74, 6) is 0.711. The van der Waals surface area contributed by atoms with Crippen molar-refractivity contribution in [3.8, 4) is 11.3 Å². The minimum Gasteiger partial charge on any atom is -0.416 e. The second kappa shape index (κ2) is 14.0. The molecule has 3 heterocycles. The summed E-state index contributed by atoms with van der Waals surface area (Å²) in [7, 11) is 0.350. The number of aromatic nitrogens is 3. The number of carbonyl (C=O) groups is 1. The Morgan fingerprint density at radius 3 is 2.65 bits per heavy atom. The SMILES string of the molecule is CN1CCN(C2CC(C(=O)Nc3cc(Nc4cc(-c5cc(Cl)ccc5F)nnc4SCCO[Si](C)(C)C(C)(C)C)ccn3)C2)CC12CC2. The summed E-state index contributed by atoms with van der Waals surface area (Å²) in [6.07, 6.45) is 6.00. The number of anilines is 3. The minimum absolute atomic E-state index is 0.00781. The van der Waals surface area contributed by atoms with Crippen LogP contribution in [0.3, 0.4) is 0 Å². The monoisotopic (exact) mass is 711 g/mol. The number of benzene rings is 1. The molecule has 0 atom stereocenters. The average Bonchev–Trinajstić information content (AvgIpc) is 3.78. The average molecular weight is 712 g/mol. The number of hydrogen-bond acceptors (Lipinski definition) is 9. The van der Waals surface area contributed by atoms with Gasteiger partial charge in [0.2, 0.25) is 5.91 Å². The highest BCUT2D eigenvalue weighted by Crippen LogP contribution is 2.46. The zero-order chi connectivity index (χ0) is 34.3. The van der Waals surface area contributed by atoms with Gasteiger partial charge in [0.05, 0.1) is 11.4 Å². The normalized spacial score (nSPS) is 21.2. The lowest BCUT2D eigenvalue weighted by atomic mass is 9.78. The molecular formula is C35H47ClFN7O2SSi. The van der Waals surface area contributed by atoms with E-state index in [1.165, 1.54) is 36.7 Å². The summed E-state index contributed by atoms with van der Waals surface area (Å²) in [4.78, 5) is 22.7. The molecule has 258 valence electrons. The third kappa shape index (κ3) is 7.89. The van der Waals surface area contributed by atoms with Crippen LogP contribution in [-0.2, 0) is 9.22 Å². The van der Waals surface area contributed by atoms with Gasteiger partial charge in [0.1, 0.15) is 16.7 Å². The molecule has 2 aromatic heterocycles. The number of nitrogens with one attached hydrogen (secondary N) is 2. The second-order valence-corrected chi connectivity index (χ2v) is 21.3. The van der Waals surface area contributed by atoms with Crippen LogP contribution in [-0.4, -0.2) is 89.8 Å². The molecule has 9 nitrogen and oxygen atoms in total. The lowest BCUT2D eigenvalue weighted by molar-refractivity contribution is -0.125. The predicted octanol–water partition coefficient (Wildman–Crippen LogP) is 7.69. The van der Waals surface area contributed by atoms with Crippen LogP contribution in [0.15, 0.2) is 47.6 Å². The Kier molecular flexibility index (Phi) is 10.2. The summed E-state index contributed by atoms with van der Waals surface area (Å²) < 4.78 is 21.2. The van der Waals surface area contributed by atoms with Gasteiger partial charge in [-0.15, -0.1) is 22.0 Å². The minimum atomic E-state index is -1.89. The van der Waals surface area contributed by atoms with Crippen molar-refractivity contribution in [2.24, 2.45) is 5.92 Å². The Bertz CT molecular complexity index is 1650. The van der Waals surface area contributed by atoms with Gasteiger partial charge < -0.3 is 15.1 Å². The highest BCUT2D eigenvalue weighted by molar-refractivity contribution is 7.99. The molecule has 0 bridgehead atoms. The number of piperazine rings is 1. The lowest BCUT2D eigenvalue weighted by Crippen LogP contribution is -2.59. The molecule has 0 radical (unpaired) electrons. The number of carbonyl (C=O) groups excluding carboxylic acids is 1. The summed E-state index contributed by atoms with van der Waals surface area (Å²) in [6.45, 7) is 15.0. The van der Waals surface area contributed by atoms with Gasteiger partial charge in [0, 0.05) is 78.0 Å². The first-order valence-electron chi connectivity index (χ1n) is 16.8. The molecule has 2 N–H and O–H groups in total. The number of thioether (sulfide) groups is 1. The van der Waals surface area contributed by atoms with E-state index in [1.807, 2.05) is 6.07 Å². The Morgan fingerprint density at radius 2 is 1.92 bits per heavy atom. The van der Waals surface area contributed by atoms with E-state index in [0.717, 1.165) is 32.5 Å². The number of rotatable bonds is 11. The van der Waals surface area contributed by atoms with Crippen LogP contribution in [0.5, 0.6) is 0 Å². The maximum atomic E-state index is 14.8. The quantitative estimate of drug-likeness (QED) is 0.118. The maximum absolute atomic E-state index is 14.8. The van der Waals surface area contributed by atoms with Crippen LogP contribution in [0.2, 0.25) is 23.2 Å². The summed E-state index contributed by atoms with van der Waals surface area (Å²) in [6, 6.07) is 10.3. The Hall–Kier alpha value is -2.61. The van der Waals surface area contributed by atoms with Crippen LogP contribution in [0.1, 0.15) is 46.5 Å². The predicted molar refractivity (Wildman–Crippen MR) is 195 cm³/mol. The van der Waals surface area contributed by atoms with Crippen molar-refractivity contribution < 1.29 is 13.6 Å². The fraction of sp³-hybridized carbons (Fsp3) is 0.543. The molecule has 48 heavy (non-hydrogen) atoms. The van der Waals surface area contributed by atoms with Crippen LogP contribution >= 0.6 is 23.4 Å². The lowest BCUT2D eigenvalue weighted by Gasteiger charge is -2.48. The molecule has 6 rings (SSSR count). The van der Waals surface area contributed by atoms with Gasteiger partial charge in [-0.2, -0.15) is 0 Å². The third-order valence-corrected chi connectivity index (χ3v) is 16.4. The van der Waals surface area contributed by atoms with Gasteiger partial charge in [-0.25, -0.2) is 9.37 Å². The first kappa shape index (κ1) is 35.2. The molecule has 2 saturated carbocycles. The molecular weight excluding hydrogens is 665 g/mol. The van der Waals surface area contributed by atoms with E-state index in [2.05, 4.69) is 76.5 Å². The van der Waals surface area contributed by atoms with Crippen LogP contribution in [0.25, 0.3) is 11.3 Å². The van der Waals surface area contributed by atoms with E-state index in [-0.39, 0.29) is 22.4 Å². The van der Waals surface area contributed by atoms with Crippen molar-refractivity contribution in [1.29, 1.82) is 0 Å². The van der Waals surface area contributed by atoms with E-state index >= 15 is 0 Å². The van der Waals surface area contributed by atoms with Gasteiger partial charge >= 0.3 is 0 Å². The fourth-order valence-corrected chi connectivity index (χ4v) is 8.29. The molecule has 1 spiro atoms. The molecule has 1 amide bonds. The van der Waals surface area contributed by atoms with Crippen molar-refractivity contribution in [2.75, 3.05) is 49.7 Å². The van der Waals surface area contributed by atoms with E-state index in [1.54, 1.807) is 24.4 Å². The number of hydrogen-bond donors (Lipinski definition) is 2. The molecule has 1 saturated heterocycles. The molecule has 1 aliphatic heterocycles. The zero-order valence-electron chi connectivity index (χ0n) is 28.8. The van der Waals surface area contributed by atoms with Gasteiger partial charge in [-0.3, -0.25) is 14.6 Å². The first-order valence-corrected chi connectivity index (χ1v) is 21.1. The highest BCUT2D eigenvalue weighted by atomic mass is 35.5. The van der Waals surface area contributed by atoms with Crippen molar-refractivity contribution in [3.05, 3.63) is 53.4 Å². The molecule has 3 aromatic rings. The van der Waals surface area contributed by atoms with Gasteiger partial charge in [-0.05, 0) is 81.2 Å². The van der Waals surface area contributed by atoms with E-state index in [4.69, 9.17) is 16.0 Å². The van der Waals surface area contributed by atoms with Crippen LogP contribution in [0, 0.1) is 11.7 Å². The number of likely N-dealkylation sites (N-methyl/N-ethyl adjacent to an activating group) is 1. The fourth-order valence-electron chi connectivity index (χ4n) is 6.20. The zero-order valence-corrected chi connectivity index (χ0v) is 31.3. The Labute approximate surface area is 293 Å². The van der Waals surface area contributed by atoms with Gasteiger partial charge in [0.25, 0.3) is 0 Å². The van der Waals surface area contributed by atoms with Crippen molar-refractivity contribution in [1.82, 2.24) is 25.0 Å². The first-order chi connectivity index (χ1) is 22.7. The summed E-state index contributed by atoms with van der Waals surface area (Å²) in [5, 5.41) is 16.5. The van der Waals surface area contributed by atoms with E-state index in [0.29, 0.717) is 56.9 Å². The number of amides is 1. The largest absolute Gasteiger partial charge is 0.416 e. The standard InChI is InChI=1S/C35H47ClFN7O2SSi/c1-34(2,3)48(5,6)46-15-16-47-33-30(21-29(41-42-33)27-19-24(36)7-8-28(27)37)39-25-9-12-38-31(20-25)40-32(45)23-17-26(18-23)44-14-13-43(4)35(22-44)10-11-35/h7-9,12,19-21,23,26H,10-11,13-18,22H2,1-6H3,(H2,38,39,40,41,45). The Balaban J connectivity index is 1.12. The van der Waals surface area contributed by atoms with Crippen LogP contribution in [0.4, 0.5) is 21.6 Å². The number of pyridine rings is 1. The smallest absolute Gasteiger partial charge is 0.228 e. The highest BCUT2D eigenvalue weighted by Gasteiger charge is 2.52. The van der Waals surface area contributed by atoms with Crippen molar-refractivity contribution >= 4 is 54.8 Å². The molecule has 1 aromatic carbocycles. The van der Waals surface area contributed by atoms with Crippen molar-refractivity contribution in [3.63, 3.8) is 0 Å². The molecule has 2 aliphatic carbocycles. The molecule has 0 unspecified atom stereocenters. The van der Waals surface area contributed by atoms with Crippen LogP contribution < -0.4 is 10.6 Å².